The minimum Gasteiger partial charge on any atom is -0.496 e. The number of benzene rings is 1. The van der Waals surface area contributed by atoms with Crippen molar-refractivity contribution in [2.24, 2.45) is 0 Å². The smallest absolute Gasteiger partial charge is 0.255 e. The molecule has 0 aromatic heterocycles. The molecule has 1 aromatic carbocycles. The van der Waals surface area contributed by atoms with E-state index in [4.69, 9.17) is 8.85 Å². The number of hydrogen-bond donors (Lipinski definition) is 1. The van der Waals surface area contributed by atoms with Gasteiger partial charge in [-0.05, 0) is 17.7 Å². The van der Waals surface area contributed by atoms with E-state index < -0.39 is 7.04 Å². The van der Waals surface area contributed by atoms with E-state index in [1.165, 1.54) is 6.07 Å². The first kappa shape index (κ1) is 5.65. The highest BCUT2D eigenvalue weighted by molar-refractivity contribution is 9.10. The lowest BCUT2D eigenvalue weighted by molar-refractivity contribution is 0.0963. The van der Waals surface area contributed by atoms with E-state index in [1.54, 1.807) is 6.07 Å². The van der Waals surface area contributed by atoms with Crippen LogP contribution in [0, 0.1) is 0 Å². The Labute approximate surface area is 88.4 Å². The molecule has 0 saturated carbocycles. The third kappa shape index (κ3) is 1.31. The topological polar surface area (TPSA) is 38.3 Å². The summed E-state index contributed by atoms with van der Waals surface area (Å²) in [5.41, 5.74) is 1.04. The number of amides is 1. The van der Waals surface area contributed by atoms with Crippen molar-refractivity contribution in [2.75, 3.05) is 7.04 Å². The highest BCUT2D eigenvalue weighted by Gasteiger charge is 2.23. The van der Waals surface area contributed by atoms with E-state index in [1.807, 2.05) is 0 Å². The van der Waals surface area contributed by atoms with Crippen LogP contribution in [0.4, 0.5) is 0 Å². The standard InChI is InChI=1S/C9H8BrNO2/c1-13-7-3-6(10)2-5-4-11-9(12)8(5)7/h2-3H,4H2,1H3,(H,11,12)/i1D3. The number of methoxy groups -OCH3 is 1. The molecule has 68 valence electrons. The molecule has 0 saturated heterocycles. The van der Waals surface area contributed by atoms with Gasteiger partial charge >= 0.3 is 0 Å². The van der Waals surface area contributed by atoms with E-state index >= 15 is 0 Å². The molecule has 4 heteroatoms. The van der Waals surface area contributed by atoms with Crippen molar-refractivity contribution in [3.8, 4) is 5.75 Å². The molecule has 1 N–H and O–H groups in total. The molecule has 2 rings (SSSR count). The lowest BCUT2D eigenvalue weighted by Gasteiger charge is -2.05. The molecule has 1 aliphatic heterocycles. The molecular formula is C9H8BrNO2. The predicted molar refractivity (Wildman–Crippen MR) is 51.9 cm³/mol. The predicted octanol–water partition coefficient (Wildman–Crippen LogP) is 1.70. The van der Waals surface area contributed by atoms with Crippen LogP contribution in [0.15, 0.2) is 16.6 Å². The minimum absolute atomic E-state index is 0.0828. The van der Waals surface area contributed by atoms with Crippen molar-refractivity contribution in [3.05, 3.63) is 27.7 Å². The maximum absolute atomic E-state index is 11.5. The molecule has 3 nitrogen and oxygen atoms in total. The monoisotopic (exact) mass is 244 g/mol. The number of nitrogens with one attached hydrogen (secondary N) is 1. The highest BCUT2D eigenvalue weighted by atomic mass is 79.9. The minimum atomic E-state index is -2.56. The van der Waals surface area contributed by atoms with Crippen molar-refractivity contribution in [2.45, 2.75) is 6.54 Å². The lowest BCUT2D eigenvalue weighted by Crippen LogP contribution is -2.13. The van der Waals surface area contributed by atoms with Gasteiger partial charge in [-0.3, -0.25) is 4.79 Å². The van der Waals surface area contributed by atoms with Crippen LogP contribution in [-0.4, -0.2) is 12.9 Å². The van der Waals surface area contributed by atoms with Crippen molar-refractivity contribution >= 4 is 21.8 Å². The second-order valence-corrected chi connectivity index (χ2v) is 3.64. The number of carbonyl (C=O) groups excluding carboxylic acids is 1. The first-order chi connectivity index (χ1) is 7.37. The molecule has 0 atom stereocenters. The number of hydrogen-bond acceptors (Lipinski definition) is 2. The quantitative estimate of drug-likeness (QED) is 0.817. The van der Waals surface area contributed by atoms with Crippen LogP contribution in [0.3, 0.4) is 0 Å². The number of rotatable bonds is 1. The Hall–Kier alpha value is -1.03. The van der Waals surface area contributed by atoms with Gasteiger partial charge in [-0.25, -0.2) is 0 Å². The average molecular weight is 245 g/mol. The van der Waals surface area contributed by atoms with E-state index in [0.717, 1.165) is 5.56 Å². The zero-order valence-corrected chi connectivity index (χ0v) is 8.14. The fourth-order valence-electron chi connectivity index (χ4n) is 1.38. The molecule has 0 radical (unpaired) electrons. The maximum atomic E-state index is 11.5. The van der Waals surface area contributed by atoms with Crippen molar-refractivity contribution in [1.29, 1.82) is 0 Å². The molecule has 0 spiro atoms. The first-order valence-electron chi connectivity index (χ1n) is 5.16. The normalized spacial score (nSPS) is 18.2. The lowest BCUT2D eigenvalue weighted by atomic mass is 10.1. The Morgan fingerprint density at radius 2 is 2.54 bits per heavy atom. The Kier molecular flexibility index (Phi) is 1.32. The summed E-state index contributed by atoms with van der Waals surface area (Å²) in [6.07, 6.45) is 0. The van der Waals surface area contributed by atoms with Crippen molar-refractivity contribution in [1.82, 2.24) is 5.32 Å². The third-order valence-electron chi connectivity index (χ3n) is 1.93. The number of halogens is 1. The van der Waals surface area contributed by atoms with Crippen LogP contribution in [0.2, 0.25) is 0 Å². The van der Waals surface area contributed by atoms with E-state index in [9.17, 15) is 4.79 Å². The molecule has 1 aliphatic rings. The van der Waals surface area contributed by atoms with Gasteiger partial charge in [-0.15, -0.1) is 0 Å². The summed E-state index contributed by atoms with van der Waals surface area (Å²) in [7, 11) is -2.56. The van der Waals surface area contributed by atoms with Gasteiger partial charge in [0.25, 0.3) is 5.91 Å². The third-order valence-corrected chi connectivity index (χ3v) is 2.38. The van der Waals surface area contributed by atoms with Crippen LogP contribution in [0.25, 0.3) is 0 Å². The second kappa shape index (κ2) is 3.03. The maximum Gasteiger partial charge on any atom is 0.255 e. The Bertz CT molecular complexity index is 459. The number of ether oxygens (including phenoxy) is 1. The molecule has 1 heterocycles. The van der Waals surface area contributed by atoms with Gasteiger partial charge in [0, 0.05) is 11.0 Å². The van der Waals surface area contributed by atoms with Gasteiger partial charge in [0.15, 0.2) is 0 Å². The van der Waals surface area contributed by atoms with Gasteiger partial charge in [-0.2, -0.15) is 0 Å². The first-order valence-corrected chi connectivity index (χ1v) is 4.46. The van der Waals surface area contributed by atoms with E-state index in [0.29, 0.717) is 16.6 Å². The van der Waals surface area contributed by atoms with Gasteiger partial charge in [0.2, 0.25) is 0 Å². The summed E-state index contributed by atoms with van der Waals surface area (Å²) < 4.78 is 26.6. The number of fused-ring (bicyclic) bond motifs is 1. The Morgan fingerprint density at radius 3 is 3.31 bits per heavy atom. The molecule has 0 unspecified atom stereocenters. The Morgan fingerprint density at radius 1 is 1.69 bits per heavy atom. The summed E-state index contributed by atoms with van der Waals surface area (Å²) in [5.74, 6) is -0.221. The van der Waals surface area contributed by atoms with Crippen molar-refractivity contribution < 1.29 is 13.6 Å². The molecule has 13 heavy (non-hydrogen) atoms. The number of carbonyl (C=O) groups is 1. The van der Waals surface area contributed by atoms with E-state index in [2.05, 4.69) is 21.2 Å². The molecule has 1 amide bonds. The zero-order valence-electron chi connectivity index (χ0n) is 9.56. The Balaban J connectivity index is 2.49. The van der Waals surface area contributed by atoms with Gasteiger partial charge < -0.3 is 10.1 Å². The van der Waals surface area contributed by atoms with E-state index in [-0.39, 0.29) is 11.7 Å². The van der Waals surface area contributed by atoms with Gasteiger partial charge in [0.05, 0.1) is 16.7 Å². The van der Waals surface area contributed by atoms with Crippen molar-refractivity contribution in [3.63, 3.8) is 0 Å². The summed E-state index contributed by atoms with van der Waals surface area (Å²) in [6.45, 7) is 0.394. The summed E-state index contributed by atoms with van der Waals surface area (Å²) in [6, 6.07) is 3.25. The average Bonchev–Trinajstić information content (AvgIpc) is 2.44. The highest BCUT2D eigenvalue weighted by Crippen LogP contribution is 2.30. The fraction of sp³-hybridized carbons (Fsp3) is 0.222. The molecule has 0 fully saturated rings. The van der Waals surface area contributed by atoms with Crippen LogP contribution in [-0.2, 0) is 6.54 Å². The summed E-state index contributed by atoms with van der Waals surface area (Å²) in [5, 5.41) is 2.61. The molecule has 1 aromatic rings. The largest absolute Gasteiger partial charge is 0.496 e. The van der Waals surface area contributed by atoms with Crippen LogP contribution in [0.5, 0.6) is 5.75 Å². The fourth-order valence-corrected chi connectivity index (χ4v) is 1.86. The van der Waals surface area contributed by atoms with Gasteiger partial charge in [-0.1, -0.05) is 15.9 Å². The van der Waals surface area contributed by atoms with Crippen LogP contribution >= 0.6 is 15.9 Å². The van der Waals surface area contributed by atoms with Crippen LogP contribution < -0.4 is 10.1 Å². The second-order valence-electron chi connectivity index (χ2n) is 2.72. The molecule has 0 aliphatic carbocycles. The molecular weight excluding hydrogens is 234 g/mol. The summed E-state index contributed by atoms with van der Waals surface area (Å²) >= 11 is 3.24. The van der Waals surface area contributed by atoms with Crippen LogP contribution in [0.1, 0.15) is 20.0 Å². The summed E-state index contributed by atoms with van der Waals surface area (Å²) in [4.78, 5) is 11.5. The molecule has 0 bridgehead atoms. The SMILES string of the molecule is [2H]C([2H])([2H])Oc1cc(Br)cc2c1C(=O)NC2. The zero-order chi connectivity index (χ0) is 11.9. The van der Waals surface area contributed by atoms with Gasteiger partial charge in [0.1, 0.15) is 5.75 Å².